The van der Waals surface area contributed by atoms with Crippen LogP contribution in [0.1, 0.15) is 42.1 Å². The molecule has 3 rings (SSSR count). The lowest BCUT2D eigenvalue weighted by Gasteiger charge is -2.36. The van der Waals surface area contributed by atoms with Crippen molar-refractivity contribution in [3.05, 3.63) is 64.7 Å². The molecule has 1 saturated heterocycles. The number of nitrogens with zero attached hydrogens (tertiary/aromatic N) is 2. The highest BCUT2D eigenvalue weighted by Gasteiger charge is 2.23. The molecule has 1 fully saturated rings. The molecule has 2 aromatic rings. The summed E-state index contributed by atoms with van der Waals surface area (Å²) in [5.41, 5.74) is 6.64. The fourth-order valence-electron chi connectivity index (χ4n) is 3.83. The second kappa shape index (κ2) is 12.0. The average Bonchev–Trinajstić information content (AvgIpc) is 2.81. The molecule has 0 radical (unpaired) electrons. The fraction of sp³-hybridized carbons (Fsp3) is 0.440. The highest BCUT2D eigenvalue weighted by molar-refractivity contribution is 6.30. The Labute approximate surface area is 195 Å². The predicted octanol–water partition coefficient (Wildman–Crippen LogP) is 3.61. The van der Waals surface area contributed by atoms with Crippen LogP contribution in [0.5, 0.6) is 5.75 Å². The Morgan fingerprint density at radius 2 is 1.53 bits per heavy atom. The summed E-state index contributed by atoms with van der Waals surface area (Å²) in [7, 11) is 0. The van der Waals surface area contributed by atoms with Crippen LogP contribution in [-0.4, -0.2) is 66.9 Å². The van der Waals surface area contributed by atoms with Gasteiger partial charge in [-0.1, -0.05) is 11.6 Å². The van der Waals surface area contributed by atoms with Gasteiger partial charge in [0.05, 0.1) is 12.6 Å². The molecule has 0 aromatic heterocycles. The van der Waals surface area contributed by atoms with Crippen molar-refractivity contribution in [3.8, 4) is 5.75 Å². The Bertz CT molecular complexity index is 878. The molecule has 172 valence electrons. The van der Waals surface area contributed by atoms with Gasteiger partial charge in [0, 0.05) is 42.3 Å². The Balaban J connectivity index is 1.30. The van der Waals surface area contributed by atoms with Crippen molar-refractivity contribution >= 4 is 23.3 Å². The molecule has 2 N–H and O–H groups in total. The van der Waals surface area contributed by atoms with E-state index in [1.165, 1.54) is 0 Å². The molecule has 1 aliphatic heterocycles. The van der Waals surface area contributed by atoms with Crippen molar-refractivity contribution in [2.75, 3.05) is 39.3 Å². The van der Waals surface area contributed by atoms with Crippen LogP contribution < -0.4 is 10.5 Å². The number of ether oxygens (including phenoxy) is 1. The van der Waals surface area contributed by atoms with Crippen molar-refractivity contribution in [2.45, 2.75) is 32.2 Å². The van der Waals surface area contributed by atoms with Gasteiger partial charge >= 0.3 is 0 Å². The second-order valence-corrected chi connectivity index (χ2v) is 8.66. The van der Waals surface area contributed by atoms with Crippen molar-refractivity contribution < 1.29 is 14.3 Å². The first-order chi connectivity index (χ1) is 15.4. The fourth-order valence-corrected chi connectivity index (χ4v) is 3.95. The number of unbranched alkanes of at least 4 members (excludes halogenated alkanes) is 2. The minimum absolute atomic E-state index is 0.0295. The van der Waals surface area contributed by atoms with Gasteiger partial charge in [-0.2, -0.15) is 0 Å². The minimum atomic E-state index is -0.249. The Morgan fingerprint density at radius 3 is 2.12 bits per heavy atom. The zero-order valence-corrected chi connectivity index (χ0v) is 19.4. The Kier molecular flexibility index (Phi) is 9.09. The molecule has 0 aliphatic carbocycles. The molecule has 1 heterocycles. The number of hydrogen-bond donors (Lipinski definition) is 1. The molecule has 7 heteroatoms. The number of piperazine rings is 1. The van der Waals surface area contributed by atoms with Gasteiger partial charge < -0.3 is 15.4 Å². The largest absolute Gasteiger partial charge is 0.494 e. The number of hydrogen-bond acceptors (Lipinski definition) is 5. The third-order valence-electron chi connectivity index (χ3n) is 5.98. The second-order valence-electron chi connectivity index (χ2n) is 8.23. The monoisotopic (exact) mass is 457 g/mol. The molecule has 32 heavy (non-hydrogen) atoms. The maximum atomic E-state index is 12.5. The van der Waals surface area contributed by atoms with E-state index >= 15 is 0 Å². The third-order valence-corrected chi connectivity index (χ3v) is 6.23. The quantitative estimate of drug-likeness (QED) is 0.412. The summed E-state index contributed by atoms with van der Waals surface area (Å²) in [5.74, 6) is 0.497. The number of nitrogens with two attached hydrogens (primary N) is 1. The van der Waals surface area contributed by atoms with E-state index in [1.807, 2.05) is 19.1 Å². The molecular weight excluding hydrogens is 426 g/mol. The molecule has 0 saturated carbocycles. The topological polar surface area (TPSA) is 75.9 Å². The van der Waals surface area contributed by atoms with E-state index < -0.39 is 0 Å². The predicted molar refractivity (Wildman–Crippen MR) is 127 cm³/mol. The minimum Gasteiger partial charge on any atom is -0.494 e. The number of carbonyl (C=O) groups is 2. The van der Waals surface area contributed by atoms with Gasteiger partial charge in [0.15, 0.2) is 5.78 Å². The number of benzene rings is 2. The van der Waals surface area contributed by atoms with Gasteiger partial charge in [0.2, 0.25) is 5.91 Å². The van der Waals surface area contributed by atoms with Gasteiger partial charge in [0.1, 0.15) is 5.75 Å². The molecule has 2 aromatic carbocycles. The molecular formula is C25H32ClN3O3. The summed E-state index contributed by atoms with van der Waals surface area (Å²) in [5, 5.41) is 0.614. The summed E-state index contributed by atoms with van der Waals surface area (Å²) in [4.78, 5) is 28.4. The Morgan fingerprint density at radius 1 is 0.938 bits per heavy atom. The summed E-state index contributed by atoms with van der Waals surface area (Å²) in [6.07, 6.45) is 3.22. The molecule has 1 amide bonds. The Hall–Kier alpha value is -2.41. The summed E-state index contributed by atoms with van der Waals surface area (Å²) in [6.45, 7) is 7.36. The van der Waals surface area contributed by atoms with Crippen molar-refractivity contribution in [2.24, 2.45) is 5.73 Å². The van der Waals surface area contributed by atoms with E-state index in [0.29, 0.717) is 22.8 Å². The molecule has 1 atom stereocenters. The summed E-state index contributed by atoms with van der Waals surface area (Å²) < 4.78 is 5.82. The number of rotatable bonds is 11. The van der Waals surface area contributed by atoms with Gasteiger partial charge in [-0.25, -0.2) is 0 Å². The van der Waals surface area contributed by atoms with E-state index in [9.17, 15) is 9.59 Å². The number of halogens is 1. The summed E-state index contributed by atoms with van der Waals surface area (Å²) in [6, 6.07) is 14.0. The van der Waals surface area contributed by atoms with E-state index in [0.717, 1.165) is 57.7 Å². The van der Waals surface area contributed by atoms with E-state index in [1.54, 1.807) is 36.4 Å². The summed E-state index contributed by atoms with van der Waals surface area (Å²) >= 11 is 5.88. The number of carbonyl (C=O) groups excluding carboxylic acids is 2. The zero-order valence-electron chi connectivity index (χ0n) is 18.6. The van der Waals surface area contributed by atoms with E-state index in [4.69, 9.17) is 22.1 Å². The van der Waals surface area contributed by atoms with Gasteiger partial charge in [0.25, 0.3) is 0 Å². The molecule has 0 spiro atoms. The van der Waals surface area contributed by atoms with Crippen molar-refractivity contribution in [1.29, 1.82) is 0 Å². The van der Waals surface area contributed by atoms with Crippen LogP contribution >= 0.6 is 11.6 Å². The first-order valence-electron chi connectivity index (χ1n) is 11.2. The highest BCUT2D eigenvalue weighted by atomic mass is 35.5. The SMILES string of the molecule is CC(C(N)=O)N1CCN(CCCCCOc2ccc(C(=O)c3ccc(Cl)cc3)cc2)CC1. The van der Waals surface area contributed by atoms with Crippen LogP contribution in [0, 0.1) is 0 Å². The standard InChI is InChI=1S/C25H32ClN3O3/c1-19(25(27)31)29-16-14-28(15-17-29)13-3-2-4-18-32-23-11-7-21(8-12-23)24(30)20-5-9-22(26)10-6-20/h5-12,19H,2-4,13-18H2,1H3,(H2,27,31). The van der Waals surface area contributed by atoms with Crippen LogP contribution in [-0.2, 0) is 4.79 Å². The lowest BCUT2D eigenvalue weighted by molar-refractivity contribution is -0.123. The van der Waals surface area contributed by atoms with Crippen LogP contribution in [0.4, 0.5) is 0 Å². The molecule has 1 aliphatic rings. The normalized spacial score (nSPS) is 15.9. The number of amides is 1. The van der Waals surface area contributed by atoms with Crippen LogP contribution in [0.15, 0.2) is 48.5 Å². The first kappa shape index (κ1) is 24.2. The highest BCUT2D eigenvalue weighted by Crippen LogP contribution is 2.17. The van der Waals surface area contributed by atoms with Gasteiger partial charge in [-0.15, -0.1) is 0 Å². The lowest BCUT2D eigenvalue weighted by atomic mass is 10.0. The maximum Gasteiger partial charge on any atom is 0.234 e. The van der Waals surface area contributed by atoms with Gasteiger partial charge in [-0.3, -0.25) is 14.5 Å². The van der Waals surface area contributed by atoms with Crippen LogP contribution in [0.25, 0.3) is 0 Å². The number of primary amides is 1. The van der Waals surface area contributed by atoms with Crippen molar-refractivity contribution in [1.82, 2.24) is 9.80 Å². The van der Waals surface area contributed by atoms with Crippen molar-refractivity contribution in [3.63, 3.8) is 0 Å². The van der Waals surface area contributed by atoms with Gasteiger partial charge in [-0.05, 0) is 81.3 Å². The lowest BCUT2D eigenvalue weighted by Crippen LogP contribution is -2.53. The number of ketones is 1. The first-order valence-corrected chi connectivity index (χ1v) is 11.6. The molecule has 0 bridgehead atoms. The third kappa shape index (κ3) is 7.05. The average molecular weight is 458 g/mol. The smallest absolute Gasteiger partial charge is 0.234 e. The van der Waals surface area contributed by atoms with E-state index in [-0.39, 0.29) is 17.7 Å². The van der Waals surface area contributed by atoms with Crippen LogP contribution in [0.2, 0.25) is 5.02 Å². The molecule has 6 nitrogen and oxygen atoms in total. The maximum absolute atomic E-state index is 12.5. The van der Waals surface area contributed by atoms with E-state index in [2.05, 4.69) is 9.80 Å². The molecule has 1 unspecified atom stereocenters. The zero-order chi connectivity index (χ0) is 22.9. The van der Waals surface area contributed by atoms with Crippen LogP contribution in [0.3, 0.4) is 0 Å².